The van der Waals surface area contributed by atoms with Crippen LogP contribution in [0.5, 0.6) is 0 Å². The van der Waals surface area contributed by atoms with Gasteiger partial charge in [-0.05, 0) is 36.3 Å². The molecule has 2 aliphatic carbocycles. The van der Waals surface area contributed by atoms with Crippen LogP contribution in [0.1, 0.15) is 47.5 Å². The van der Waals surface area contributed by atoms with E-state index in [2.05, 4.69) is 31.2 Å². The van der Waals surface area contributed by atoms with Gasteiger partial charge in [-0.2, -0.15) is 0 Å². The zero-order valence-corrected chi connectivity index (χ0v) is 9.01. The Morgan fingerprint density at radius 2 is 1.79 bits per heavy atom. The molecule has 0 aromatic carbocycles. The van der Waals surface area contributed by atoms with Gasteiger partial charge < -0.3 is 0 Å². The smallest absolute Gasteiger partial charge is 0.00728 e. The van der Waals surface area contributed by atoms with Crippen molar-refractivity contribution in [3.8, 4) is 0 Å². The Labute approximate surface area is 89.4 Å². The summed E-state index contributed by atoms with van der Waals surface area (Å²) in [6, 6.07) is 0. The average molecular weight is 192 g/mol. The fourth-order valence-electron chi connectivity index (χ4n) is 1.89. The van der Waals surface area contributed by atoms with Crippen molar-refractivity contribution in [2.75, 3.05) is 0 Å². The summed E-state index contributed by atoms with van der Waals surface area (Å²) >= 11 is 0. The van der Waals surface area contributed by atoms with Gasteiger partial charge in [0.15, 0.2) is 0 Å². The predicted molar refractivity (Wildman–Crippen MR) is 66.4 cm³/mol. The second-order valence-electron chi connectivity index (χ2n) is 3.48. The maximum absolute atomic E-state index is 2.41. The van der Waals surface area contributed by atoms with Crippen LogP contribution in [0, 0.1) is 5.92 Å². The lowest BCUT2D eigenvalue weighted by Crippen LogP contribution is -1.83. The van der Waals surface area contributed by atoms with E-state index in [4.69, 9.17) is 0 Å². The monoisotopic (exact) mass is 192 g/mol. The third-order valence-corrected chi connectivity index (χ3v) is 2.48. The minimum absolute atomic E-state index is 0. The van der Waals surface area contributed by atoms with Crippen LogP contribution >= 0.6 is 0 Å². The summed E-state index contributed by atoms with van der Waals surface area (Å²) in [5, 5.41) is 0. The molecule has 1 saturated carbocycles. The molecule has 2 rings (SSSR count). The van der Waals surface area contributed by atoms with Crippen molar-refractivity contribution in [2.45, 2.75) is 47.5 Å². The van der Waals surface area contributed by atoms with Crippen molar-refractivity contribution in [2.24, 2.45) is 5.92 Å². The van der Waals surface area contributed by atoms with E-state index in [1.54, 1.807) is 11.1 Å². The Hall–Kier alpha value is -0.780. The Morgan fingerprint density at radius 1 is 1.14 bits per heavy atom. The second kappa shape index (κ2) is 6.64. The van der Waals surface area contributed by atoms with Gasteiger partial charge in [-0.25, -0.2) is 0 Å². The van der Waals surface area contributed by atoms with Crippen molar-refractivity contribution in [3.05, 3.63) is 35.5 Å². The summed E-state index contributed by atoms with van der Waals surface area (Å²) in [5.41, 5.74) is 3.17. The molecule has 1 unspecified atom stereocenters. The summed E-state index contributed by atoms with van der Waals surface area (Å²) < 4.78 is 0. The van der Waals surface area contributed by atoms with Crippen LogP contribution in [0.2, 0.25) is 0 Å². The van der Waals surface area contributed by atoms with E-state index in [9.17, 15) is 0 Å². The third kappa shape index (κ3) is 3.17. The Balaban J connectivity index is 0.000000531. The minimum Gasteiger partial charge on any atom is -0.0779 e. The molecular weight excluding hydrogens is 168 g/mol. The third-order valence-electron chi connectivity index (χ3n) is 2.48. The molecule has 80 valence electrons. The maximum Gasteiger partial charge on any atom is -0.00728 e. The van der Waals surface area contributed by atoms with Gasteiger partial charge in [0.1, 0.15) is 0 Å². The first-order chi connectivity index (χ1) is 6.36. The molecule has 0 amide bonds. The molecule has 0 saturated heterocycles. The molecule has 0 aliphatic heterocycles. The van der Waals surface area contributed by atoms with Crippen LogP contribution in [-0.2, 0) is 0 Å². The summed E-state index contributed by atoms with van der Waals surface area (Å²) in [6.45, 7) is 6.25. The number of fused-ring (bicyclic) bond motifs is 1. The fourth-order valence-corrected chi connectivity index (χ4v) is 1.89. The van der Waals surface area contributed by atoms with E-state index in [1.807, 2.05) is 13.8 Å². The van der Waals surface area contributed by atoms with E-state index in [1.165, 1.54) is 19.3 Å². The zero-order chi connectivity index (χ0) is 9.68. The molecular formula is C14H24. The number of allylic oxidation sites excluding steroid dienone is 6. The van der Waals surface area contributed by atoms with E-state index in [-0.39, 0.29) is 7.43 Å². The summed E-state index contributed by atoms with van der Waals surface area (Å²) in [7, 11) is 0. The van der Waals surface area contributed by atoms with Crippen LogP contribution in [0.4, 0.5) is 0 Å². The zero-order valence-electron chi connectivity index (χ0n) is 9.01. The van der Waals surface area contributed by atoms with Crippen LogP contribution < -0.4 is 0 Å². The molecule has 0 heteroatoms. The van der Waals surface area contributed by atoms with Gasteiger partial charge in [0.2, 0.25) is 0 Å². The molecule has 1 fully saturated rings. The Bertz CT molecular complexity index is 241. The van der Waals surface area contributed by atoms with Gasteiger partial charge in [0.25, 0.3) is 0 Å². The minimum atomic E-state index is 0. The van der Waals surface area contributed by atoms with Crippen LogP contribution in [0.15, 0.2) is 35.5 Å². The van der Waals surface area contributed by atoms with Crippen molar-refractivity contribution < 1.29 is 0 Å². The van der Waals surface area contributed by atoms with Crippen molar-refractivity contribution >= 4 is 0 Å². The van der Waals surface area contributed by atoms with E-state index in [0.717, 1.165) is 0 Å². The highest BCUT2D eigenvalue weighted by atomic mass is 14.2. The lowest BCUT2D eigenvalue weighted by Gasteiger charge is -1.99. The summed E-state index contributed by atoms with van der Waals surface area (Å²) in [5.74, 6) is 0.636. The fraction of sp³-hybridized carbons (Fsp3) is 0.571. The van der Waals surface area contributed by atoms with Crippen molar-refractivity contribution in [1.82, 2.24) is 0 Å². The van der Waals surface area contributed by atoms with Gasteiger partial charge in [-0.3, -0.25) is 0 Å². The van der Waals surface area contributed by atoms with E-state index < -0.39 is 0 Å². The first kappa shape index (κ1) is 13.2. The topological polar surface area (TPSA) is 0 Å². The number of rotatable bonds is 0. The molecule has 14 heavy (non-hydrogen) atoms. The molecule has 2 aliphatic rings. The predicted octanol–water partition coefficient (Wildman–Crippen LogP) is 4.89. The normalized spacial score (nSPS) is 23.2. The van der Waals surface area contributed by atoms with Gasteiger partial charge in [0.05, 0.1) is 0 Å². The first-order valence-corrected chi connectivity index (χ1v) is 5.45. The quantitative estimate of drug-likeness (QED) is 0.512. The number of hydrogen-bond donors (Lipinski definition) is 0. The SMILES string of the molecule is C.CC.CC1C=CC=C2CCCC2=C1. The molecule has 0 radical (unpaired) electrons. The highest BCUT2D eigenvalue weighted by Crippen LogP contribution is 2.32. The molecule has 0 N–H and O–H groups in total. The van der Waals surface area contributed by atoms with Gasteiger partial charge in [0, 0.05) is 0 Å². The molecule has 0 aromatic heterocycles. The lowest BCUT2D eigenvalue weighted by molar-refractivity contribution is 0.900. The summed E-state index contributed by atoms with van der Waals surface area (Å²) in [4.78, 5) is 0. The summed E-state index contributed by atoms with van der Waals surface area (Å²) in [6.07, 6.45) is 13.1. The average Bonchev–Trinajstić information content (AvgIpc) is 2.50. The van der Waals surface area contributed by atoms with Crippen LogP contribution in [0.25, 0.3) is 0 Å². The highest BCUT2D eigenvalue weighted by Gasteiger charge is 2.14. The molecule has 0 bridgehead atoms. The molecule has 0 heterocycles. The van der Waals surface area contributed by atoms with Crippen molar-refractivity contribution in [1.29, 1.82) is 0 Å². The lowest BCUT2D eigenvalue weighted by atomic mass is 10.1. The molecule has 0 nitrogen and oxygen atoms in total. The van der Waals surface area contributed by atoms with Gasteiger partial charge >= 0.3 is 0 Å². The van der Waals surface area contributed by atoms with E-state index in [0.29, 0.717) is 5.92 Å². The second-order valence-corrected chi connectivity index (χ2v) is 3.48. The highest BCUT2D eigenvalue weighted by molar-refractivity contribution is 5.40. The molecule has 1 atom stereocenters. The Morgan fingerprint density at radius 3 is 2.50 bits per heavy atom. The number of hydrogen-bond acceptors (Lipinski definition) is 0. The van der Waals surface area contributed by atoms with Crippen molar-refractivity contribution in [3.63, 3.8) is 0 Å². The van der Waals surface area contributed by atoms with E-state index >= 15 is 0 Å². The standard InChI is InChI=1S/C11H14.C2H6.CH4/c1-9-4-2-5-10-6-3-7-11(10)8-9;1-2;/h2,4-5,8-9H,3,6-7H2,1H3;1-2H3;1H4. The van der Waals surface area contributed by atoms with Crippen LogP contribution in [0.3, 0.4) is 0 Å². The molecule has 0 spiro atoms. The maximum atomic E-state index is 2.41. The van der Waals surface area contributed by atoms with Gasteiger partial charge in [-0.1, -0.05) is 52.5 Å². The largest absolute Gasteiger partial charge is 0.0779 e. The first-order valence-electron chi connectivity index (χ1n) is 5.45. The molecule has 0 aromatic rings. The van der Waals surface area contributed by atoms with Gasteiger partial charge in [-0.15, -0.1) is 0 Å². The Kier molecular flexibility index (Phi) is 6.27. The van der Waals surface area contributed by atoms with Crippen LogP contribution in [-0.4, -0.2) is 0 Å².